The predicted octanol–water partition coefficient (Wildman–Crippen LogP) is 4.95. The molecule has 0 aromatic carbocycles. The molecule has 4 aliphatic rings. The largest absolute Gasteiger partial charge is 0.393 e. The first-order valence-corrected chi connectivity index (χ1v) is 9.52. The maximum atomic E-state index is 10.5. The molecule has 118 valence electrons. The fourth-order valence-corrected chi connectivity index (χ4v) is 6.94. The van der Waals surface area contributed by atoms with Crippen LogP contribution in [0, 0.1) is 35.0 Å². The molecule has 1 heteroatoms. The highest BCUT2D eigenvalue weighted by molar-refractivity contribution is 5.19. The van der Waals surface area contributed by atoms with Crippen LogP contribution in [0.5, 0.6) is 0 Å². The molecule has 21 heavy (non-hydrogen) atoms. The van der Waals surface area contributed by atoms with Gasteiger partial charge in [0, 0.05) is 0 Å². The highest BCUT2D eigenvalue weighted by Gasteiger charge is 2.56. The Morgan fingerprint density at radius 1 is 1.14 bits per heavy atom. The van der Waals surface area contributed by atoms with Crippen molar-refractivity contribution in [3.63, 3.8) is 0 Å². The van der Waals surface area contributed by atoms with Crippen molar-refractivity contribution in [2.24, 2.45) is 35.0 Å². The summed E-state index contributed by atoms with van der Waals surface area (Å²) >= 11 is 0. The Labute approximate surface area is 130 Å². The van der Waals surface area contributed by atoms with Crippen molar-refractivity contribution in [1.82, 2.24) is 0 Å². The van der Waals surface area contributed by atoms with E-state index in [-0.39, 0.29) is 11.5 Å². The van der Waals surface area contributed by atoms with E-state index in [2.05, 4.69) is 19.9 Å². The van der Waals surface area contributed by atoms with Gasteiger partial charge in [0.1, 0.15) is 0 Å². The zero-order valence-electron chi connectivity index (χ0n) is 13.9. The summed E-state index contributed by atoms with van der Waals surface area (Å²) in [7, 11) is 0. The Hall–Kier alpha value is -0.300. The maximum absolute atomic E-state index is 10.5. The van der Waals surface area contributed by atoms with Crippen molar-refractivity contribution in [2.75, 3.05) is 0 Å². The third-order valence-electron chi connectivity index (χ3n) is 8.07. The maximum Gasteiger partial charge on any atom is 0.0596 e. The molecule has 4 aliphatic carbocycles. The van der Waals surface area contributed by atoms with Crippen LogP contribution in [0.3, 0.4) is 0 Å². The van der Waals surface area contributed by atoms with E-state index in [0.29, 0.717) is 0 Å². The van der Waals surface area contributed by atoms with Gasteiger partial charge in [-0.25, -0.2) is 0 Å². The Morgan fingerprint density at radius 3 is 2.81 bits per heavy atom. The fraction of sp³-hybridized carbons (Fsp3) is 0.900. The molecule has 4 rings (SSSR count). The van der Waals surface area contributed by atoms with Gasteiger partial charge in [0.25, 0.3) is 0 Å². The molecule has 0 spiro atoms. The fourth-order valence-electron chi connectivity index (χ4n) is 6.94. The van der Waals surface area contributed by atoms with Crippen LogP contribution in [0.2, 0.25) is 0 Å². The number of allylic oxidation sites excluding steroid dienone is 2. The van der Waals surface area contributed by atoms with Crippen molar-refractivity contribution in [3.05, 3.63) is 11.6 Å². The molecule has 3 fully saturated rings. The van der Waals surface area contributed by atoms with Crippen LogP contribution in [0.25, 0.3) is 0 Å². The minimum absolute atomic E-state index is 0.0197. The Morgan fingerprint density at radius 2 is 2.00 bits per heavy atom. The zero-order chi connectivity index (χ0) is 14.6. The molecule has 1 N–H and O–H groups in total. The number of aliphatic hydroxyl groups is 1. The Kier molecular flexibility index (Phi) is 3.48. The molecule has 1 nitrogen and oxygen atoms in total. The van der Waals surface area contributed by atoms with Crippen LogP contribution in [0.15, 0.2) is 11.6 Å². The van der Waals surface area contributed by atoms with Gasteiger partial charge in [0.2, 0.25) is 0 Å². The summed E-state index contributed by atoms with van der Waals surface area (Å²) in [5.41, 5.74) is 2.08. The van der Waals surface area contributed by atoms with Gasteiger partial charge in [-0.2, -0.15) is 0 Å². The lowest BCUT2D eigenvalue weighted by molar-refractivity contribution is -0.0603. The molecule has 3 saturated carbocycles. The second kappa shape index (κ2) is 5.11. The quantitative estimate of drug-likeness (QED) is 0.677. The summed E-state index contributed by atoms with van der Waals surface area (Å²) in [6.07, 6.45) is 14.5. The molecule has 0 aliphatic heterocycles. The van der Waals surface area contributed by atoms with Crippen LogP contribution in [0.1, 0.15) is 71.6 Å². The lowest BCUT2D eigenvalue weighted by atomic mass is 9.50. The SMILES string of the molecule is CCC1CCC=C2CC[C@@H]3[C@H](CC[C@]4(C)[C@@H](O)CC[C@@H]34)[C@H]21. The minimum atomic E-state index is -0.0197. The number of rotatable bonds is 1. The van der Waals surface area contributed by atoms with Crippen molar-refractivity contribution < 1.29 is 5.11 Å². The van der Waals surface area contributed by atoms with E-state index in [9.17, 15) is 5.11 Å². The lowest BCUT2D eigenvalue weighted by Gasteiger charge is -2.55. The van der Waals surface area contributed by atoms with Gasteiger partial charge in [-0.15, -0.1) is 0 Å². The first-order valence-electron chi connectivity index (χ1n) is 9.52. The average Bonchev–Trinajstić information content (AvgIpc) is 2.82. The van der Waals surface area contributed by atoms with E-state index in [0.717, 1.165) is 36.0 Å². The summed E-state index contributed by atoms with van der Waals surface area (Å²) in [6.45, 7) is 4.80. The van der Waals surface area contributed by atoms with Gasteiger partial charge >= 0.3 is 0 Å². The number of aliphatic hydroxyl groups excluding tert-OH is 1. The number of fused-ring (bicyclic) bond motifs is 5. The minimum Gasteiger partial charge on any atom is -0.393 e. The highest BCUT2D eigenvalue weighted by Crippen LogP contribution is 2.62. The van der Waals surface area contributed by atoms with Crippen LogP contribution < -0.4 is 0 Å². The van der Waals surface area contributed by atoms with Crippen molar-refractivity contribution in [3.8, 4) is 0 Å². The summed E-state index contributed by atoms with van der Waals surface area (Å²) in [5, 5.41) is 10.5. The summed E-state index contributed by atoms with van der Waals surface area (Å²) in [4.78, 5) is 0. The first-order chi connectivity index (χ1) is 10.1. The number of hydrogen-bond donors (Lipinski definition) is 1. The first kappa shape index (κ1) is 14.3. The topological polar surface area (TPSA) is 20.2 Å². The van der Waals surface area contributed by atoms with Gasteiger partial charge < -0.3 is 5.11 Å². The van der Waals surface area contributed by atoms with E-state index in [4.69, 9.17) is 0 Å². The molecule has 0 saturated heterocycles. The summed E-state index contributed by atoms with van der Waals surface area (Å²) in [5.74, 6) is 4.53. The van der Waals surface area contributed by atoms with Gasteiger partial charge in [-0.3, -0.25) is 0 Å². The molecule has 0 heterocycles. The molecule has 0 bridgehead atoms. The molecular weight excluding hydrogens is 256 g/mol. The van der Waals surface area contributed by atoms with Crippen molar-refractivity contribution >= 4 is 0 Å². The van der Waals surface area contributed by atoms with E-state index in [1.807, 2.05) is 5.57 Å². The summed E-state index contributed by atoms with van der Waals surface area (Å²) < 4.78 is 0. The molecule has 0 radical (unpaired) electrons. The zero-order valence-corrected chi connectivity index (χ0v) is 13.9. The normalized spacial score (nSPS) is 52.6. The lowest BCUT2D eigenvalue weighted by Crippen LogP contribution is -2.48. The van der Waals surface area contributed by atoms with Crippen LogP contribution in [0.4, 0.5) is 0 Å². The molecule has 1 unspecified atom stereocenters. The third kappa shape index (κ3) is 1.99. The standard InChI is InChI=1S/C20H32O/c1-3-13-5-4-6-14-7-8-15-16(19(13)14)11-12-20(2)17(15)9-10-18(20)21/h6,13,15-19,21H,3-5,7-12H2,1-2H3/t13?,15-,16+,17+,18+,19+,20+/m1/s1. The second-order valence-corrected chi connectivity index (χ2v) is 8.66. The molecule has 7 atom stereocenters. The Balaban J connectivity index is 1.64. The molecule has 0 aromatic heterocycles. The van der Waals surface area contributed by atoms with Gasteiger partial charge in [-0.1, -0.05) is 31.9 Å². The van der Waals surface area contributed by atoms with Crippen LogP contribution in [-0.4, -0.2) is 11.2 Å². The Bertz CT molecular complexity index is 439. The van der Waals surface area contributed by atoms with Gasteiger partial charge in [0.05, 0.1) is 6.10 Å². The second-order valence-electron chi connectivity index (χ2n) is 8.66. The van der Waals surface area contributed by atoms with E-state index in [1.165, 1.54) is 51.4 Å². The summed E-state index contributed by atoms with van der Waals surface area (Å²) in [6, 6.07) is 0. The predicted molar refractivity (Wildman–Crippen MR) is 86.9 cm³/mol. The monoisotopic (exact) mass is 288 g/mol. The smallest absolute Gasteiger partial charge is 0.0596 e. The van der Waals surface area contributed by atoms with E-state index < -0.39 is 0 Å². The number of hydrogen-bond acceptors (Lipinski definition) is 1. The van der Waals surface area contributed by atoms with Gasteiger partial charge in [0.15, 0.2) is 0 Å². The highest BCUT2D eigenvalue weighted by atomic mass is 16.3. The molecule has 0 amide bonds. The molecule has 0 aromatic rings. The van der Waals surface area contributed by atoms with E-state index in [1.54, 1.807) is 0 Å². The van der Waals surface area contributed by atoms with E-state index >= 15 is 0 Å². The van der Waals surface area contributed by atoms with Gasteiger partial charge in [-0.05, 0) is 86.4 Å². The van der Waals surface area contributed by atoms with Crippen LogP contribution in [-0.2, 0) is 0 Å². The third-order valence-corrected chi connectivity index (χ3v) is 8.07. The van der Waals surface area contributed by atoms with Crippen molar-refractivity contribution in [1.29, 1.82) is 0 Å². The van der Waals surface area contributed by atoms with Crippen molar-refractivity contribution in [2.45, 2.75) is 77.7 Å². The van der Waals surface area contributed by atoms with Crippen LogP contribution >= 0.6 is 0 Å². The molecular formula is C20H32O. The average molecular weight is 288 g/mol.